The summed E-state index contributed by atoms with van der Waals surface area (Å²) >= 11 is 1.56. The van der Waals surface area contributed by atoms with Crippen LogP contribution in [0.25, 0.3) is 22.6 Å². The molecule has 4 aliphatic rings. The number of hydrogen-bond acceptors (Lipinski definition) is 11. The second-order valence-corrected chi connectivity index (χ2v) is 15.4. The number of thiophene rings is 1. The lowest BCUT2D eigenvalue weighted by Gasteiger charge is -2.39. The molecule has 2 aliphatic carbocycles. The van der Waals surface area contributed by atoms with E-state index in [1.165, 1.54) is 16.9 Å². The molecule has 7 heterocycles. The van der Waals surface area contributed by atoms with E-state index in [1.807, 2.05) is 6.20 Å². The predicted octanol–water partition coefficient (Wildman–Crippen LogP) is 5.59. The number of hydrogen-bond donors (Lipinski definition) is 2. The average Bonchev–Trinajstić information content (AvgIpc) is 3.91. The van der Waals surface area contributed by atoms with Gasteiger partial charge in [-0.15, -0.1) is 11.3 Å². The molecule has 12 nitrogen and oxygen atoms in total. The van der Waals surface area contributed by atoms with Gasteiger partial charge in [-0.1, -0.05) is 5.16 Å². The first-order valence-corrected chi connectivity index (χ1v) is 18.2. The molecule has 1 fully saturated rings. The van der Waals surface area contributed by atoms with E-state index in [2.05, 4.69) is 51.6 Å². The van der Waals surface area contributed by atoms with Gasteiger partial charge in [0.2, 0.25) is 0 Å². The summed E-state index contributed by atoms with van der Waals surface area (Å²) in [5.74, 6) is 2.32. The summed E-state index contributed by atoms with van der Waals surface area (Å²) in [7, 11) is 2.21. The highest BCUT2D eigenvalue weighted by Crippen LogP contribution is 2.55. The van der Waals surface area contributed by atoms with Crippen molar-refractivity contribution in [3.05, 3.63) is 50.5 Å². The Morgan fingerprint density at radius 2 is 1.98 bits per heavy atom. The molecule has 2 aliphatic heterocycles. The molecule has 0 bridgehead atoms. The Labute approximate surface area is 283 Å². The monoisotopic (exact) mass is 663 g/mol. The van der Waals surface area contributed by atoms with Crippen molar-refractivity contribution in [1.82, 2.24) is 40.0 Å². The summed E-state index contributed by atoms with van der Waals surface area (Å²) in [6.07, 6.45) is 11.8. The van der Waals surface area contributed by atoms with Crippen LogP contribution in [0.2, 0.25) is 0 Å². The van der Waals surface area contributed by atoms with Crippen LogP contribution in [0.1, 0.15) is 102 Å². The molecule has 48 heavy (non-hydrogen) atoms. The van der Waals surface area contributed by atoms with Crippen LogP contribution < -0.4 is 10.6 Å². The molecule has 0 saturated carbocycles. The topological polar surface area (TPSA) is 155 Å². The third-order valence-corrected chi connectivity index (χ3v) is 12.8. The Morgan fingerprint density at radius 1 is 1.12 bits per heavy atom. The second-order valence-electron chi connectivity index (χ2n) is 14.3. The molecule has 5 aromatic heterocycles. The molecule has 9 rings (SSSR count). The van der Waals surface area contributed by atoms with E-state index in [-0.39, 0.29) is 6.04 Å². The summed E-state index contributed by atoms with van der Waals surface area (Å²) in [6.45, 7) is 7.02. The zero-order valence-electron chi connectivity index (χ0n) is 27.8. The summed E-state index contributed by atoms with van der Waals surface area (Å²) in [5, 5.41) is 29.3. The number of nitrogens with two attached hydrogens (primary N) is 1. The van der Waals surface area contributed by atoms with Crippen LogP contribution in [0.3, 0.4) is 0 Å². The van der Waals surface area contributed by atoms with Gasteiger partial charge in [0.1, 0.15) is 16.9 Å². The van der Waals surface area contributed by atoms with Crippen molar-refractivity contribution in [3.63, 3.8) is 0 Å². The van der Waals surface area contributed by atoms with Crippen LogP contribution >= 0.6 is 11.3 Å². The largest absolute Gasteiger partial charge is 0.389 e. The van der Waals surface area contributed by atoms with Gasteiger partial charge in [-0.2, -0.15) is 15.5 Å². The Morgan fingerprint density at radius 3 is 2.79 bits per heavy atom. The van der Waals surface area contributed by atoms with E-state index < -0.39 is 5.41 Å². The van der Waals surface area contributed by atoms with Gasteiger partial charge in [-0.25, -0.2) is 14.6 Å². The van der Waals surface area contributed by atoms with Gasteiger partial charge >= 0.3 is 0 Å². The van der Waals surface area contributed by atoms with E-state index in [1.54, 1.807) is 11.3 Å². The number of likely N-dealkylation sites (tertiary alicyclic amines) is 1. The van der Waals surface area contributed by atoms with E-state index >= 15 is 0 Å². The SMILES string of the molecule is Cc1[nH]nc2c1CN(c1nc(-c3noc4c3CCC[C@@]43CCCc4sc(N)c(C#N)c43)nc3c1cnn3[C@@H](C)[C@@H]1CCCN1C)CCC2. The number of rotatable bonds is 4. The summed E-state index contributed by atoms with van der Waals surface area (Å²) in [4.78, 5) is 16.6. The fraction of sp³-hybridized carbons (Fsp3) is 0.543. The van der Waals surface area contributed by atoms with Crippen molar-refractivity contribution in [3.8, 4) is 17.6 Å². The number of likely N-dealkylation sites (N-methyl/N-ethyl adjacent to an activating group) is 1. The van der Waals surface area contributed by atoms with Crippen molar-refractivity contribution in [2.75, 3.05) is 30.8 Å². The number of nitrogens with one attached hydrogen (secondary N) is 1. The standard InChI is InChI=1S/C35H41N11OS/c1-19-24-18-45(15-6-9-25(24)42-41-19)33-23-17-38-46(20(2)26-10-7-14-44(26)3)34(23)40-32(39-33)29-21-8-4-12-35(30(21)47-43-29)13-5-11-27-28(35)22(16-36)31(37)48-27/h17,20,26H,4-15,18,37H2,1-3H3,(H,41,42)/t20-,26-,35-/m0/s1. The number of aromatic nitrogens is 7. The van der Waals surface area contributed by atoms with Crippen molar-refractivity contribution < 1.29 is 4.52 Å². The molecule has 5 aromatic rings. The van der Waals surface area contributed by atoms with Gasteiger partial charge in [0.25, 0.3) is 0 Å². The van der Waals surface area contributed by atoms with Gasteiger partial charge in [0.15, 0.2) is 22.9 Å². The zero-order chi connectivity index (χ0) is 32.7. The van der Waals surface area contributed by atoms with Gasteiger partial charge < -0.3 is 20.1 Å². The molecule has 13 heteroatoms. The number of anilines is 2. The molecule has 248 valence electrons. The van der Waals surface area contributed by atoms with Gasteiger partial charge in [0.05, 0.1) is 34.3 Å². The minimum atomic E-state index is -0.401. The van der Waals surface area contributed by atoms with Crippen LogP contribution in [0.15, 0.2) is 10.7 Å². The lowest BCUT2D eigenvalue weighted by molar-refractivity contribution is 0.232. The van der Waals surface area contributed by atoms with Crippen LogP contribution in [-0.4, -0.2) is 66.2 Å². The quantitative estimate of drug-likeness (QED) is 0.248. The van der Waals surface area contributed by atoms with Gasteiger partial charge in [-0.3, -0.25) is 5.10 Å². The Balaban J connectivity index is 1.22. The van der Waals surface area contributed by atoms with Crippen molar-refractivity contribution in [2.24, 2.45) is 0 Å². The zero-order valence-corrected chi connectivity index (χ0v) is 28.7. The number of H-pyrrole nitrogens is 1. The number of nitrogens with zero attached hydrogens (tertiary/aromatic N) is 9. The van der Waals surface area contributed by atoms with Crippen LogP contribution in [0, 0.1) is 18.3 Å². The maximum atomic E-state index is 10.2. The summed E-state index contributed by atoms with van der Waals surface area (Å²) in [5.41, 5.74) is 13.8. The van der Waals surface area contributed by atoms with Crippen molar-refractivity contribution in [1.29, 1.82) is 5.26 Å². The molecule has 3 N–H and O–H groups in total. The fourth-order valence-electron chi connectivity index (χ4n) is 9.29. The third kappa shape index (κ3) is 4.31. The third-order valence-electron chi connectivity index (χ3n) is 11.7. The smallest absolute Gasteiger partial charge is 0.186 e. The highest BCUT2D eigenvalue weighted by Gasteiger charge is 2.49. The lowest BCUT2D eigenvalue weighted by Crippen LogP contribution is -2.35. The molecule has 1 saturated heterocycles. The molecular formula is C35H41N11OS. The lowest BCUT2D eigenvalue weighted by atomic mass is 9.63. The second kappa shape index (κ2) is 11.1. The van der Waals surface area contributed by atoms with Crippen LogP contribution in [-0.2, 0) is 31.2 Å². The number of aryl methyl sites for hydroxylation is 3. The first-order chi connectivity index (χ1) is 23.4. The maximum absolute atomic E-state index is 10.2. The minimum Gasteiger partial charge on any atom is -0.389 e. The molecule has 3 atom stereocenters. The highest BCUT2D eigenvalue weighted by molar-refractivity contribution is 7.16. The number of aromatic amines is 1. The molecule has 0 aromatic carbocycles. The molecule has 0 unspecified atom stereocenters. The average molecular weight is 664 g/mol. The summed E-state index contributed by atoms with van der Waals surface area (Å²) < 4.78 is 8.50. The predicted molar refractivity (Wildman–Crippen MR) is 184 cm³/mol. The Kier molecular flexibility index (Phi) is 6.92. The molecular weight excluding hydrogens is 623 g/mol. The van der Waals surface area contributed by atoms with E-state index in [0.29, 0.717) is 34.7 Å². The molecule has 0 radical (unpaired) electrons. The number of nitrogen functional groups attached to an aromatic ring is 1. The first-order valence-electron chi connectivity index (χ1n) is 17.4. The van der Waals surface area contributed by atoms with Crippen molar-refractivity contribution >= 4 is 33.2 Å². The minimum absolute atomic E-state index is 0.140. The van der Waals surface area contributed by atoms with Crippen LogP contribution in [0.5, 0.6) is 0 Å². The molecule has 0 amide bonds. The summed E-state index contributed by atoms with van der Waals surface area (Å²) in [6, 6.07) is 2.96. The fourth-order valence-corrected chi connectivity index (χ4v) is 10.4. The van der Waals surface area contributed by atoms with E-state index in [9.17, 15) is 5.26 Å². The number of fused-ring (bicyclic) bond motifs is 6. The van der Waals surface area contributed by atoms with E-state index in [0.717, 1.165) is 116 Å². The Bertz CT molecular complexity index is 2090. The Hall–Kier alpha value is -4.28. The van der Waals surface area contributed by atoms with Gasteiger partial charge in [0, 0.05) is 40.8 Å². The van der Waals surface area contributed by atoms with Crippen molar-refractivity contribution in [2.45, 2.75) is 102 Å². The van der Waals surface area contributed by atoms with Crippen LogP contribution in [0.4, 0.5) is 10.8 Å². The molecule has 1 spiro atoms. The van der Waals surface area contributed by atoms with Gasteiger partial charge in [-0.05, 0) is 97.2 Å². The first kappa shape index (κ1) is 29.8. The normalized spacial score (nSPS) is 23.2. The highest BCUT2D eigenvalue weighted by atomic mass is 32.1. The van der Waals surface area contributed by atoms with E-state index in [4.69, 9.17) is 30.5 Å². The maximum Gasteiger partial charge on any atom is 0.186 e. The number of nitriles is 1.